The summed E-state index contributed by atoms with van der Waals surface area (Å²) in [7, 11) is 3.11. The minimum Gasteiger partial charge on any atom is -0.495 e. The van der Waals surface area contributed by atoms with Gasteiger partial charge in [0.05, 0.1) is 38.0 Å². The third-order valence-corrected chi connectivity index (χ3v) is 7.00. The molecule has 1 aromatic carbocycles. The lowest BCUT2D eigenvalue weighted by Crippen LogP contribution is -2.43. The summed E-state index contributed by atoms with van der Waals surface area (Å²) in [6, 6.07) is 7.18. The van der Waals surface area contributed by atoms with Crippen LogP contribution in [-0.2, 0) is 16.0 Å². The Morgan fingerprint density at radius 3 is 2.71 bits per heavy atom. The number of fused-ring (bicyclic) bond motifs is 1. The van der Waals surface area contributed by atoms with E-state index in [1.54, 1.807) is 29.0 Å². The van der Waals surface area contributed by atoms with Crippen LogP contribution in [0.2, 0.25) is 0 Å². The number of hydrogen-bond donors (Lipinski definition) is 0. The van der Waals surface area contributed by atoms with Crippen molar-refractivity contribution in [2.75, 3.05) is 27.4 Å². The van der Waals surface area contributed by atoms with Crippen LogP contribution in [0.4, 0.5) is 4.79 Å². The summed E-state index contributed by atoms with van der Waals surface area (Å²) in [5, 5.41) is 10.2. The molecule has 1 saturated heterocycles. The smallest absolute Gasteiger partial charge is 0.410 e. The minimum atomic E-state index is -0.608. The second-order valence-corrected chi connectivity index (χ2v) is 10.4. The average Bonchev–Trinajstić information content (AvgIpc) is 3.46. The van der Waals surface area contributed by atoms with Gasteiger partial charge >= 0.3 is 6.09 Å². The van der Waals surface area contributed by atoms with Gasteiger partial charge in [0, 0.05) is 19.2 Å². The average molecular weight is 485 g/mol. The Morgan fingerprint density at radius 1 is 1.32 bits per heavy atom. The maximum Gasteiger partial charge on any atom is 0.410 e. The third-order valence-electron chi connectivity index (χ3n) is 5.88. The molecule has 1 fully saturated rings. The van der Waals surface area contributed by atoms with Crippen LogP contribution in [0.25, 0.3) is 10.6 Å². The van der Waals surface area contributed by atoms with E-state index >= 15 is 0 Å². The Morgan fingerprint density at radius 2 is 2.09 bits per heavy atom. The normalized spacial score (nSPS) is 19.8. The molecule has 180 valence electrons. The molecule has 0 unspecified atom stereocenters. The number of nitrogens with zero attached hydrogens (tertiary/aromatic N) is 4. The molecule has 34 heavy (non-hydrogen) atoms. The van der Waals surface area contributed by atoms with Gasteiger partial charge in [-0.05, 0) is 33.3 Å². The van der Waals surface area contributed by atoms with Gasteiger partial charge in [-0.3, -0.25) is 4.79 Å². The molecular weight excluding hydrogens is 456 g/mol. The highest BCUT2D eigenvalue weighted by molar-refractivity contribution is 7.17. The second-order valence-electron chi connectivity index (χ2n) is 9.35. The lowest BCUT2D eigenvalue weighted by Gasteiger charge is -2.28. The van der Waals surface area contributed by atoms with Crippen LogP contribution in [0.3, 0.4) is 0 Å². The van der Waals surface area contributed by atoms with Crippen LogP contribution < -0.4 is 4.74 Å². The topological polar surface area (TPSA) is 105 Å². The van der Waals surface area contributed by atoms with Crippen molar-refractivity contribution in [3.05, 3.63) is 34.3 Å². The molecule has 0 saturated carbocycles. The predicted molar refractivity (Wildman–Crippen MR) is 126 cm³/mol. The van der Waals surface area contributed by atoms with Crippen LogP contribution in [0.5, 0.6) is 5.75 Å². The molecule has 0 radical (unpaired) electrons. The number of carbonyl (C=O) groups is 2. The maximum atomic E-state index is 13.3. The lowest BCUT2D eigenvalue weighted by atomic mass is 10.1. The number of hydrogen-bond acceptors (Lipinski definition) is 8. The summed E-state index contributed by atoms with van der Waals surface area (Å²) in [5.41, 5.74) is 1.13. The Hall–Kier alpha value is -3.16. The molecule has 0 N–H and O–H groups in total. The van der Waals surface area contributed by atoms with Gasteiger partial charge in [-0.1, -0.05) is 12.1 Å². The highest BCUT2D eigenvalue weighted by Crippen LogP contribution is 2.39. The van der Waals surface area contributed by atoms with E-state index in [1.165, 1.54) is 18.4 Å². The van der Waals surface area contributed by atoms with Crippen LogP contribution in [0.15, 0.2) is 18.2 Å². The largest absolute Gasteiger partial charge is 0.495 e. The van der Waals surface area contributed by atoms with Gasteiger partial charge in [-0.25, -0.2) is 9.78 Å². The van der Waals surface area contributed by atoms with E-state index in [0.717, 1.165) is 0 Å². The van der Waals surface area contributed by atoms with Crippen molar-refractivity contribution in [1.82, 2.24) is 14.8 Å². The number of ether oxygens (including phenoxy) is 3. The highest BCUT2D eigenvalue weighted by Gasteiger charge is 2.44. The van der Waals surface area contributed by atoms with Gasteiger partial charge in [0.1, 0.15) is 32.9 Å². The number of nitriles is 1. The molecule has 4 rings (SSSR count). The van der Waals surface area contributed by atoms with E-state index in [-0.39, 0.29) is 18.0 Å². The van der Waals surface area contributed by atoms with E-state index in [2.05, 4.69) is 6.07 Å². The van der Waals surface area contributed by atoms with Gasteiger partial charge in [-0.2, -0.15) is 5.26 Å². The fraction of sp³-hybridized carbons (Fsp3) is 0.500. The zero-order valence-corrected chi connectivity index (χ0v) is 20.8. The first kappa shape index (κ1) is 24.0. The van der Waals surface area contributed by atoms with Crippen LogP contribution >= 0.6 is 11.3 Å². The van der Waals surface area contributed by atoms with E-state index in [9.17, 15) is 14.9 Å². The monoisotopic (exact) mass is 484 g/mol. The minimum absolute atomic E-state index is 0.104. The maximum absolute atomic E-state index is 13.3. The molecule has 1 aromatic heterocycles. The molecule has 0 bridgehead atoms. The zero-order valence-electron chi connectivity index (χ0n) is 20.0. The SMILES string of the molecule is COC[C@@H]1C[C@@H](N2Cc3nc(-c4cccc(OC)c4C#N)sc3C2=O)CN1C(=O)OC(C)(C)C. The molecule has 0 spiro atoms. The van der Waals surface area contributed by atoms with Crippen molar-refractivity contribution in [1.29, 1.82) is 5.26 Å². The van der Waals surface area contributed by atoms with Crippen molar-refractivity contribution >= 4 is 23.3 Å². The summed E-state index contributed by atoms with van der Waals surface area (Å²) >= 11 is 1.28. The quantitative estimate of drug-likeness (QED) is 0.638. The number of likely N-dealkylation sites (tertiary alicyclic amines) is 1. The number of benzene rings is 1. The predicted octanol–water partition coefficient (Wildman–Crippen LogP) is 3.67. The number of aromatic nitrogens is 1. The molecule has 2 aromatic rings. The van der Waals surface area contributed by atoms with Crippen molar-refractivity contribution in [3.63, 3.8) is 0 Å². The van der Waals surface area contributed by atoms with Gasteiger partial charge < -0.3 is 24.0 Å². The van der Waals surface area contributed by atoms with E-state index < -0.39 is 11.7 Å². The summed E-state index contributed by atoms with van der Waals surface area (Å²) < 4.78 is 16.2. The van der Waals surface area contributed by atoms with Crippen LogP contribution in [0.1, 0.15) is 48.1 Å². The summed E-state index contributed by atoms with van der Waals surface area (Å²) in [6.07, 6.45) is 0.204. The van der Waals surface area contributed by atoms with Gasteiger partial charge in [0.15, 0.2) is 0 Å². The lowest BCUT2D eigenvalue weighted by molar-refractivity contribution is 0.0140. The molecule has 9 nitrogen and oxygen atoms in total. The third kappa shape index (κ3) is 4.45. The molecule has 2 amide bonds. The van der Waals surface area contributed by atoms with Gasteiger partial charge in [0.2, 0.25) is 0 Å². The number of amides is 2. The van der Waals surface area contributed by atoms with Gasteiger partial charge in [-0.15, -0.1) is 11.3 Å². The number of carbonyl (C=O) groups excluding carboxylic acids is 2. The van der Waals surface area contributed by atoms with Crippen LogP contribution in [-0.4, -0.2) is 71.8 Å². The standard InChI is InChI=1S/C24H28N4O5S/c1-24(2,3)33-23(30)28-11-14(9-15(28)13-31-4)27-12-18-20(22(27)29)34-21(26-18)16-7-6-8-19(32-5)17(16)10-25/h6-8,14-15H,9,11-13H2,1-5H3/t14-,15+/m1/s1. The van der Waals surface area contributed by atoms with Crippen molar-refractivity contribution in [3.8, 4) is 22.4 Å². The Bertz CT molecular complexity index is 1150. The number of thiazole rings is 1. The Labute approximate surface area is 202 Å². The second kappa shape index (κ2) is 9.24. The Balaban J connectivity index is 1.54. The fourth-order valence-electron chi connectivity index (χ4n) is 4.41. The fourth-order valence-corrected chi connectivity index (χ4v) is 5.47. The summed E-state index contributed by atoms with van der Waals surface area (Å²) in [4.78, 5) is 34.8. The molecule has 3 heterocycles. The van der Waals surface area contributed by atoms with E-state index in [4.69, 9.17) is 19.2 Å². The van der Waals surface area contributed by atoms with Gasteiger partial charge in [0.25, 0.3) is 5.91 Å². The molecule has 2 aliphatic rings. The van der Waals surface area contributed by atoms with E-state index in [0.29, 0.717) is 58.6 Å². The molecular formula is C24H28N4O5S. The van der Waals surface area contributed by atoms with E-state index in [1.807, 2.05) is 26.8 Å². The van der Waals surface area contributed by atoms with Crippen molar-refractivity contribution in [2.45, 2.75) is 51.4 Å². The highest BCUT2D eigenvalue weighted by atomic mass is 32.1. The Kier molecular flexibility index (Phi) is 6.51. The van der Waals surface area contributed by atoms with Crippen molar-refractivity contribution < 1.29 is 23.8 Å². The molecule has 0 aliphatic carbocycles. The van der Waals surface area contributed by atoms with Crippen LogP contribution in [0, 0.1) is 11.3 Å². The number of methoxy groups -OCH3 is 2. The number of rotatable bonds is 5. The first-order valence-electron chi connectivity index (χ1n) is 11.0. The first-order chi connectivity index (χ1) is 16.2. The summed E-state index contributed by atoms with van der Waals surface area (Å²) in [5.74, 6) is 0.369. The zero-order chi connectivity index (χ0) is 24.6. The first-order valence-corrected chi connectivity index (χ1v) is 11.8. The molecule has 2 aliphatic heterocycles. The molecule has 2 atom stereocenters. The van der Waals surface area contributed by atoms with Crippen molar-refractivity contribution in [2.24, 2.45) is 0 Å². The summed E-state index contributed by atoms with van der Waals surface area (Å²) in [6.45, 7) is 6.60. The molecule has 10 heteroatoms.